The summed E-state index contributed by atoms with van der Waals surface area (Å²) in [6, 6.07) is 70.9. The molecule has 0 spiro atoms. The summed E-state index contributed by atoms with van der Waals surface area (Å²) < 4.78 is 0. The molecule has 0 unspecified atom stereocenters. The van der Waals surface area contributed by atoms with Gasteiger partial charge in [-0.05, 0) is 11.1 Å². The first-order chi connectivity index (χ1) is 23.2. The zero-order chi connectivity index (χ0) is 32.1. The quantitative estimate of drug-likeness (QED) is 0.177. The Labute approximate surface area is 318 Å². The molecule has 242 valence electrons. The van der Waals surface area contributed by atoms with Crippen LogP contribution in [0.15, 0.2) is 200 Å². The van der Waals surface area contributed by atoms with E-state index < -0.39 is 5.43 Å². The maximum atomic E-state index is 2.46. The van der Waals surface area contributed by atoms with Gasteiger partial charge in [0.25, 0.3) is 0 Å². The maximum Gasteiger partial charge on any atom is 0.0427 e. The number of fused-ring (bicyclic) bond motifs is 3. The summed E-state index contributed by atoms with van der Waals surface area (Å²) in [6.45, 7) is 1.78. The van der Waals surface area contributed by atoms with Gasteiger partial charge in [-0.25, -0.2) is 12.1 Å². The van der Waals surface area contributed by atoms with Crippen molar-refractivity contribution in [3.8, 4) is 0 Å². The van der Waals surface area contributed by atoms with Crippen molar-refractivity contribution in [3.05, 3.63) is 211 Å². The zero-order valence-corrected chi connectivity index (χ0v) is 32.1. The van der Waals surface area contributed by atoms with E-state index in [9.17, 15) is 0 Å². The van der Waals surface area contributed by atoms with Gasteiger partial charge in [-0.15, -0.1) is 33.7 Å². The summed E-state index contributed by atoms with van der Waals surface area (Å²) >= 11 is 1.64. The molecule has 0 saturated carbocycles. The van der Waals surface area contributed by atoms with Gasteiger partial charge < -0.3 is 29.7 Å². The molecule has 0 aliphatic heterocycles. The van der Waals surface area contributed by atoms with Crippen molar-refractivity contribution in [2.45, 2.75) is 13.1 Å². The van der Waals surface area contributed by atoms with Gasteiger partial charge in [-0.1, -0.05) is 97.1 Å². The minimum atomic E-state index is -0.455. The van der Waals surface area contributed by atoms with Gasteiger partial charge in [-0.2, -0.15) is 18.2 Å². The standard InChI is InChI=1S/C27H22N.C12H10Si.C5H5.2ClH.Zr/c1-3-9-21(10-4-1)19-28(20-22-11-5-2-6-12-22)25-15-16-27-24(18-25)17-23-13-7-8-14-26(23)27;1-3-7-11(8-4-1)13-12-9-5-2-6-10-12;1-2-4-5-3-1;;;/h1-18H,19-20H2;1-10H;1-5H;2*1H;/q-1;;-1;;;+2/p-2. The average molecular weight is 770 g/mol. The Morgan fingerprint density at radius 3 is 1.41 bits per heavy atom. The molecule has 8 aromatic carbocycles. The first-order valence-electron chi connectivity index (χ1n) is 16.0. The zero-order valence-electron chi connectivity index (χ0n) is 27.2. The van der Waals surface area contributed by atoms with Crippen LogP contribution >= 0.6 is 0 Å². The van der Waals surface area contributed by atoms with Crippen LogP contribution in [-0.4, -0.2) is 5.43 Å². The summed E-state index contributed by atoms with van der Waals surface area (Å²) in [5.74, 6) is 0. The molecule has 0 fully saturated rings. The van der Waals surface area contributed by atoms with E-state index in [4.69, 9.17) is 0 Å². The molecule has 8 rings (SSSR count). The number of hydrogen-bond donors (Lipinski definition) is 0. The van der Waals surface area contributed by atoms with Gasteiger partial charge in [-0.3, -0.25) is 0 Å². The Bertz CT molecular complexity index is 2000. The van der Waals surface area contributed by atoms with Crippen LogP contribution in [0.2, 0.25) is 0 Å². The molecule has 0 heterocycles. The minimum absolute atomic E-state index is 0. The van der Waals surface area contributed by atoms with Gasteiger partial charge in [0.15, 0.2) is 0 Å². The van der Waals surface area contributed by atoms with E-state index in [1.54, 1.807) is 23.3 Å². The number of hydrogen-bond acceptors (Lipinski definition) is 1. The maximum absolute atomic E-state index is 2.46. The van der Waals surface area contributed by atoms with Crippen LogP contribution in [0.5, 0.6) is 0 Å². The van der Waals surface area contributed by atoms with Crippen LogP contribution in [0.25, 0.3) is 21.5 Å². The fourth-order valence-corrected chi connectivity index (χ4v) is 9.53. The van der Waals surface area contributed by atoms with E-state index in [0.29, 0.717) is 0 Å². The van der Waals surface area contributed by atoms with E-state index in [2.05, 4.69) is 175 Å². The van der Waals surface area contributed by atoms with Crippen LogP contribution in [-0.2, 0) is 36.4 Å². The molecule has 0 N–H and O–H groups in total. The van der Waals surface area contributed by atoms with E-state index in [1.807, 2.05) is 30.3 Å². The molecule has 0 aromatic heterocycles. The predicted molar refractivity (Wildman–Crippen MR) is 200 cm³/mol. The van der Waals surface area contributed by atoms with Crippen LogP contribution in [0.4, 0.5) is 5.69 Å². The smallest absolute Gasteiger partial charge is 0.0427 e. The number of anilines is 1. The van der Waals surface area contributed by atoms with Crippen molar-refractivity contribution < 1.29 is 48.1 Å². The van der Waals surface area contributed by atoms with Crippen LogP contribution in [0, 0.1) is 0 Å². The summed E-state index contributed by atoms with van der Waals surface area (Å²) in [4.78, 5) is 2.46. The van der Waals surface area contributed by atoms with Gasteiger partial charge in [0, 0.05) is 18.8 Å². The molecule has 0 radical (unpaired) electrons. The molecule has 1 nitrogen and oxygen atoms in total. The fourth-order valence-electron chi connectivity index (χ4n) is 5.69. The van der Waals surface area contributed by atoms with E-state index in [-0.39, 0.29) is 24.8 Å². The van der Waals surface area contributed by atoms with Crippen molar-refractivity contribution in [2.24, 2.45) is 0 Å². The molecule has 0 bridgehead atoms. The molecule has 0 amide bonds. The normalized spacial score (nSPS) is 10.0. The Hall–Kier alpha value is -3.98. The third-order valence-electron chi connectivity index (χ3n) is 8.08. The third-order valence-corrected chi connectivity index (χ3v) is 14.2. The van der Waals surface area contributed by atoms with Crippen molar-refractivity contribution in [2.75, 3.05) is 4.90 Å². The summed E-state index contributed by atoms with van der Waals surface area (Å²) in [7, 11) is 0. The van der Waals surface area contributed by atoms with Crippen LogP contribution < -0.4 is 40.1 Å². The minimum Gasteiger partial charge on any atom is -0.369 e. The molecule has 0 aliphatic carbocycles. The second-order valence-electron chi connectivity index (χ2n) is 11.4. The molecule has 8 aromatic rings. The number of nitrogens with zero attached hydrogens (tertiary/aromatic N) is 1. The SMILES string of the molecule is [Cl-].[Cl-].[Zr+2]=[Si](c1ccccc1)c1ccccc1.c1cc[cH-]c1.c1ccc(CN(Cc2ccccc2)c2ccc3c(c2)[cH-]c2ccccc23)cc1. The monoisotopic (exact) mass is 767 g/mol. The number of benzene rings is 6. The van der Waals surface area contributed by atoms with E-state index in [0.717, 1.165) is 13.1 Å². The van der Waals surface area contributed by atoms with Crippen molar-refractivity contribution in [1.82, 2.24) is 0 Å². The summed E-state index contributed by atoms with van der Waals surface area (Å²) in [5, 5.41) is 8.32. The molecule has 5 heteroatoms. The Morgan fingerprint density at radius 1 is 0.469 bits per heavy atom. The van der Waals surface area contributed by atoms with Gasteiger partial charge in [0.2, 0.25) is 0 Å². The third kappa shape index (κ3) is 10.8. The second-order valence-corrected chi connectivity index (χ2v) is 17.0. The van der Waals surface area contributed by atoms with Crippen molar-refractivity contribution in [3.63, 3.8) is 0 Å². The molecule has 0 aliphatic rings. The first-order valence-corrected chi connectivity index (χ1v) is 21.2. The van der Waals surface area contributed by atoms with Crippen LogP contribution in [0.3, 0.4) is 0 Å². The first kappa shape index (κ1) is 37.8. The van der Waals surface area contributed by atoms with Gasteiger partial charge in [0.1, 0.15) is 0 Å². The van der Waals surface area contributed by atoms with Gasteiger partial charge >= 0.3 is 99.8 Å². The summed E-state index contributed by atoms with van der Waals surface area (Å²) in [6.07, 6.45) is 0. The Balaban J connectivity index is 0.000000215. The van der Waals surface area contributed by atoms with E-state index in [1.165, 1.54) is 48.7 Å². The van der Waals surface area contributed by atoms with Crippen molar-refractivity contribution >= 4 is 43.0 Å². The van der Waals surface area contributed by atoms with Crippen molar-refractivity contribution in [1.29, 1.82) is 0 Å². The number of rotatable bonds is 7. The Kier molecular flexibility index (Phi) is 15.3. The predicted octanol–water partition coefficient (Wildman–Crippen LogP) is 3.67. The molecule has 0 atom stereocenters. The second kappa shape index (κ2) is 19.9. The number of halogens is 2. The molecule has 0 saturated heterocycles. The van der Waals surface area contributed by atoms with Crippen LogP contribution in [0.1, 0.15) is 11.1 Å². The largest absolute Gasteiger partial charge is 0.369 e. The van der Waals surface area contributed by atoms with E-state index >= 15 is 0 Å². The molecular formula is C44H37Cl2NSiZr-2. The summed E-state index contributed by atoms with van der Waals surface area (Å²) in [5.41, 5.74) is 3.46. The molecular weight excluding hydrogens is 733 g/mol. The fraction of sp³-hybridized carbons (Fsp3) is 0.0455. The topological polar surface area (TPSA) is 3.24 Å². The molecule has 49 heavy (non-hydrogen) atoms. The van der Waals surface area contributed by atoms with Gasteiger partial charge in [0.05, 0.1) is 0 Å². The Morgan fingerprint density at radius 2 is 0.918 bits per heavy atom. The average Bonchev–Trinajstić information content (AvgIpc) is 3.85.